The van der Waals surface area contributed by atoms with Gasteiger partial charge in [0, 0.05) is 17.3 Å². The van der Waals surface area contributed by atoms with Gasteiger partial charge in [-0.25, -0.2) is 9.97 Å². The molecule has 0 aliphatic carbocycles. The molecular formula is C25H31N5O4. The van der Waals surface area contributed by atoms with Gasteiger partial charge >= 0.3 is 0 Å². The summed E-state index contributed by atoms with van der Waals surface area (Å²) in [7, 11) is 4.49. The van der Waals surface area contributed by atoms with Gasteiger partial charge in [-0.3, -0.25) is 9.20 Å². The third-order valence-corrected chi connectivity index (χ3v) is 5.62. The number of rotatable bonds is 12. The van der Waals surface area contributed by atoms with Gasteiger partial charge < -0.3 is 19.5 Å². The maximum absolute atomic E-state index is 13.2. The molecule has 0 radical (unpaired) electrons. The molecule has 1 amide bonds. The highest BCUT2D eigenvalue weighted by atomic mass is 16.5. The van der Waals surface area contributed by atoms with Crippen LogP contribution in [-0.4, -0.2) is 41.6 Å². The highest BCUT2D eigenvalue weighted by Gasteiger charge is 2.19. The van der Waals surface area contributed by atoms with Gasteiger partial charge in [0.25, 0.3) is 5.91 Å². The fourth-order valence-corrected chi connectivity index (χ4v) is 3.81. The summed E-state index contributed by atoms with van der Waals surface area (Å²) >= 11 is 0. The van der Waals surface area contributed by atoms with Crippen molar-refractivity contribution in [3.8, 4) is 23.3 Å². The van der Waals surface area contributed by atoms with Gasteiger partial charge in [0.2, 0.25) is 5.75 Å². The number of carbonyl (C=O) groups is 1. The summed E-state index contributed by atoms with van der Waals surface area (Å²) in [6, 6.07) is 7.07. The van der Waals surface area contributed by atoms with Crippen molar-refractivity contribution in [3.05, 3.63) is 41.5 Å². The van der Waals surface area contributed by atoms with Gasteiger partial charge in [-0.05, 0) is 25.0 Å². The predicted molar refractivity (Wildman–Crippen MR) is 129 cm³/mol. The van der Waals surface area contributed by atoms with Crippen LogP contribution in [0.5, 0.6) is 17.2 Å². The minimum absolute atomic E-state index is 0.216. The standard InChI is InChI=1S/C25H31N5O4/c1-5-6-7-8-9-10-11-18-14-22(30-16-27-19(15-26)24(30)28-18)29-25(31)17-12-20(32-2)23(34-4)21(13-17)33-3/h12-14,16H,5-11H2,1-4H3,(H,29,31). The number of nitrogens with one attached hydrogen (secondary N) is 1. The number of benzene rings is 1. The van der Waals surface area contributed by atoms with E-state index in [0.717, 1.165) is 25.0 Å². The van der Waals surface area contributed by atoms with E-state index < -0.39 is 0 Å². The normalized spacial score (nSPS) is 10.7. The zero-order chi connectivity index (χ0) is 24.5. The van der Waals surface area contributed by atoms with Crippen LogP contribution in [0.25, 0.3) is 5.65 Å². The molecule has 3 rings (SSSR count). The van der Waals surface area contributed by atoms with Crippen molar-refractivity contribution in [1.82, 2.24) is 14.4 Å². The lowest BCUT2D eigenvalue weighted by molar-refractivity contribution is 0.102. The van der Waals surface area contributed by atoms with E-state index in [4.69, 9.17) is 14.2 Å². The van der Waals surface area contributed by atoms with Gasteiger partial charge in [0.1, 0.15) is 18.2 Å². The maximum Gasteiger partial charge on any atom is 0.257 e. The Balaban J connectivity index is 1.88. The number of carbonyl (C=O) groups excluding carboxylic acids is 1. The largest absolute Gasteiger partial charge is 0.493 e. The van der Waals surface area contributed by atoms with E-state index >= 15 is 0 Å². The lowest BCUT2D eigenvalue weighted by Gasteiger charge is -2.15. The average Bonchev–Trinajstić information content (AvgIpc) is 3.28. The Hall–Kier alpha value is -3.80. The number of unbranched alkanes of at least 4 members (excludes halogenated alkanes) is 5. The average molecular weight is 466 g/mol. The highest BCUT2D eigenvalue weighted by Crippen LogP contribution is 2.38. The van der Waals surface area contributed by atoms with Crippen LogP contribution in [0.1, 0.15) is 67.2 Å². The van der Waals surface area contributed by atoms with Crippen molar-refractivity contribution in [2.45, 2.75) is 51.9 Å². The number of nitrogens with zero attached hydrogens (tertiary/aromatic N) is 4. The molecule has 0 atom stereocenters. The molecule has 34 heavy (non-hydrogen) atoms. The fourth-order valence-electron chi connectivity index (χ4n) is 3.81. The van der Waals surface area contributed by atoms with Crippen LogP contribution in [0.2, 0.25) is 0 Å². The number of nitriles is 1. The van der Waals surface area contributed by atoms with Crippen molar-refractivity contribution in [3.63, 3.8) is 0 Å². The van der Waals surface area contributed by atoms with Gasteiger partial charge in [0.05, 0.1) is 21.3 Å². The van der Waals surface area contributed by atoms with Gasteiger partial charge in [-0.15, -0.1) is 0 Å². The van der Waals surface area contributed by atoms with E-state index in [2.05, 4.69) is 28.3 Å². The molecule has 0 spiro atoms. The molecule has 180 valence electrons. The molecule has 9 heteroatoms. The van der Waals surface area contributed by atoms with Gasteiger partial charge in [-0.1, -0.05) is 39.0 Å². The third kappa shape index (κ3) is 5.57. The molecule has 3 aromatic rings. The molecule has 0 bridgehead atoms. The number of ether oxygens (including phenoxy) is 3. The Bertz CT molecular complexity index is 1160. The summed E-state index contributed by atoms with van der Waals surface area (Å²) in [5.41, 5.74) is 1.77. The molecule has 0 fully saturated rings. The molecule has 0 saturated carbocycles. The number of fused-ring (bicyclic) bond motifs is 1. The quantitative estimate of drug-likeness (QED) is 0.383. The van der Waals surface area contributed by atoms with Crippen LogP contribution < -0.4 is 19.5 Å². The van der Waals surface area contributed by atoms with Crippen molar-refractivity contribution in [2.75, 3.05) is 26.6 Å². The number of amides is 1. The number of hydrogen-bond acceptors (Lipinski definition) is 7. The summed E-state index contributed by atoms with van der Waals surface area (Å²) in [5, 5.41) is 12.4. The van der Waals surface area contributed by atoms with Crippen LogP contribution >= 0.6 is 0 Å². The zero-order valence-electron chi connectivity index (χ0n) is 20.2. The van der Waals surface area contributed by atoms with Crippen molar-refractivity contribution in [1.29, 1.82) is 5.26 Å². The molecule has 0 aliphatic heterocycles. The summed E-state index contributed by atoms with van der Waals surface area (Å²) < 4.78 is 17.7. The van der Waals surface area contributed by atoms with Crippen molar-refractivity contribution in [2.24, 2.45) is 0 Å². The number of hydrogen-bond donors (Lipinski definition) is 1. The number of imidazole rings is 1. The number of methoxy groups -OCH3 is 3. The van der Waals surface area contributed by atoms with E-state index in [1.807, 2.05) is 6.07 Å². The summed E-state index contributed by atoms with van der Waals surface area (Å²) in [6.45, 7) is 2.20. The molecule has 9 nitrogen and oxygen atoms in total. The maximum atomic E-state index is 13.2. The highest BCUT2D eigenvalue weighted by molar-refractivity contribution is 6.04. The number of anilines is 1. The zero-order valence-corrected chi connectivity index (χ0v) is 20.2. The molecule has 1 aromatic carbocycles. The Morgan fingerprint density at radius 3 is 2.32 bits per heavy atom. The Kier molecular flexibility index (Phi) is 8.68. The third-order valence-electron chi connectivity index (χ3n) is 5.62. The molecule has 0 aliphatic rings. The Morgan fingerprint density at radius 1 is 1.03 bits per heavy atom. The molecular weight excluding hydrogens is 434 g/mol. The molecule has 0 saturated heterocycles. The smallest absolute Gasteiger partial charge is 0.257 e. The van der Waals surface area contributed by atoms with Crippen LogP contribution in [-0.2, 0) is 6.42 Å². The first-order valence-electron chi connectivity index (χ1n) is 11.4. The van der Waals surface area contributed by atoms with E-state index in [0.29, 0.717) is 34.3 Å². The fraction of sp³-hybridized carbons (Fsp3) is 0.440. The second-order valence-corrected chi connectivity index (χ2v) is 7.92. The van der Waals surface area contributed by atoms with Crippen LogP contribution in [0.4, 0.5) is 5.82 Å². The lowest BCUT2D eigenvalue weighted by atomic mass is 10.1. The summed E-state index contributed by atoms with van der Waals surface area (Å²) in [6.07, 6.45) is 9.24. The van der Waals surface area contributed by atoms with Crippen LogP contribution in [0.3, 0.4) is 0 Å². The van der Waals surface area contributed by atoms with E-state index in [1.165, 1.54) is 53.3 Å². The first-order valence-corrected chi connectivity index (χ1v) is 11.4. The summed E-state index contributed by atoms with van der Waals surface area (Å²) in [5.74, 6) is 1.28. The number of aryl methyl sites for hydroxylation is 1. The monoisotopic (exact) mass is 465 g/mol. The van der Waals surface area contributed by atoms with Gasteiger partial charge in [0.15, 0.2) is 22.8 Å². The van der Waals surface area contributed by atoms with Crippen molar-refractivity contribution >= 4 is 17.4 Å². The van der Waals surface area contributed by atoms with E-state index in [-0.39, 0.29) is 11.6 Å². The molecule has 2 aromatic heterocycles. The molecule has 2 heterocycles. The minimum atomic E-state index is -0.371. The molecule has 0 unspecified atom stereocenters. The van der Waals surface area contributed by atoms with Crippen molar-refractivity contribution < 1.29 is 19.0 Å². The van der Waals surface area contributed by atoms with E-state index in [1.54, 1.807) is 16.5 Å². The SMILES string of the molecule is CCCCCCCCc1cc(NC(=O)c2cc(OC)c(OC)c(OC)c2)n2cnc(C#N)c2n1. The predicted octanol–water partition coefficient (Wildman–Crippen LogP) is 4.78. The van der Waals surface area contributed by atoms with E-state index in [9.17, 15) is 10.1 Å². The van der Waals surface area contributed by atoms with Gasteiger partial charge in [-0.2, -0.15) is 5.26 Å². The first kappa shape index (κ1) is 24.8. The second kappa shape index (κ2) is 11.9. The van der Waals surface area contributed by atoms with Crippen LogP contribution in [0.15, 0.2) is 24.5 Å². The van der Waals surface area contributed by atoms with Crippen LogP contribution in [0, 0.1) is 11.3 Å². The number of aromatic nitrogens is 3. The molecule has 1 N–H and O–H groups in total. The first-order chi connectivity index (χ1) is 16.6. The minimum Gasteiger partial charge on any atom is -0.493 e. The summed E-state index contributed by atoms with van der Waals surface area (Å²) in [4.78, 5) is 21.9. The topological polar surface area (TPSA) is 111 Å². The Morgan fingerprint density at radius 2 is 1.71 bits per heavy atom. The lowest BCUT2D eigenvalue weighted by Crippen LogP contribution is -2.15. The Labute approximate surface area is 199 Å². The second-order valence-electron chi connectivity index (χ2n) is 7.92.